The summed E-state index contributed by atoms with van der Waals surface area (Å²) in [5.41, 5.74) is 10.6. The van der Waals surface area contributed by atoms with Crippen molar-refractivity contribution in [1.29, 1.82) is 0 Å². The number of benzene rings is 8. The van der Waals surface area contributed by atoms with Crippen LogP contribution in [0.1, 0.15) is 25.0 Å². The van der Waals surface area contributed by atoms with Crippen LogP contribution in [0.4, 0.5) is 0 Å². The van der Waals surface area contributed by atoms with Gasteiger partial charge in [0.1, 0.15) is 0 Å². The highest BCUT2D eigenvalue weighted by atomic mass is 14.4. The standard InChI is InChI=1S/C43H30/c1-43(2)39-25-37(31-23-11-15-27-13-3-5-17-29(27)31)33-19-7-9-21-35(33)41(39)42-36-22-10-8-20-34(36)38(26-40(42)43)32-24-12-16-28-14-4-6-18-30(28)32/h3-26H,1-2H3. The second-order valence-corrected chi connectivity index (χ2v) is 12.5. The Bertz CT molecular complexity index is 2240. The predicted octanol–water partition coefficient (Wildman–Crippen LogP) is 11.9. The summed E-state index contributed by atoms with van der Waals surface area (Å²) in [6.07, 6.45) is 0. The molecule has 9 rings (SSSR count). The second kappa shape index (κ2) is 8.90. The Kier molecular flexibility index (Phi) is 5.05. The van der Waals surface area contributed by atoms with E-state index in [0.717, 1.165) is 0 Å². The Morgan fingerprint density at radius 3 is 1.12 bits per heavy atom. The Morgan fingerprint density at radius 1 is 0.326 bits per heavy atom. The lowest BCUT2D eigenvalue weighted by Gasteiger charge is -2.24. The predicted molar refractivity (Wildman–Crippen MR) is 185 cm³/mol. The van der Waals surface area contributed by atoms with Crippen molar-refractivity contribution in [3.8, 4) is 33.4 Å². The summed E-state index contributed by atoms with van der Waals surface area (Å²) in [6, 6.07) is 54.0. The zero-order chi connectivity index (χ0) is 28.7. The van der Waals surface area contributed by atoms with E-state index in [9.17, 15) is 0 Å². The molecule has 0 heteroatoms. The van der Waals surface area contributed by atoms with Gasteiger partial charge < -0.3 is 0 Å². The van der Waals surface area contributed by atoms with Crippen molar-refractivity contribution in [1.82, 2.24) is 0 Å². The van der Waals surface area contributed by atoms with Crippen molar-refractivity contribution < 1.29 is 0 Å². The molecule has 8 aromatic rings. The molecule has 0 bridgehead atoms. The van der Waals surface area contributed by atoms with Gasteiger partial charge in [0.05, 0.1) is 0 Å². The molecule has 0 nitrogen and oxygen atoms in total. The molecule has 8 aromatic carbocycles. The maximum Gasteiger partial charge on any atom is 0.0159 e. The van der Waals surface area contributed by atoms with Gasteiger partial charge in [0.15, 0.2) is 0 Å². The van der Waals surface area contributed by atoms with Crippen molar-refractivity contribution in [2.24, 2.45) is 0 Å². The van der Waals surface area contributed by atoms with Crippen LogP contribution in [0.15, 0.2) is 146 Å². The van der Waals surface area contributed by atoms with E-state index in [0.29, 0.717) is 0 Å². The SMILES string of the molecule is CC1(C)c2cc(-c3cccc4ccccc34)c3ccccc3c2-c2c1cc(-c1cccc3ccccc13)c1ccccc21. The summed E-state index contributed by atoms with van der Waals surface area (Å²) in [7, 11) is 0. The molecule has 0 saturated heterocycles. The number of fused-ring (bicyclic) bond motifs is 9. The molecule has 0 atom stereocenters. The Morgan fingerprint density at radius 2 is 0.674 bits per heavy atom. The summed E-state index contributed by atoms with van der Waals surface area (Å²) in [5.74, 6) is 0. The Hall–Kier alpha value is -5.20. The van der Waals surface area contributed by atoms with Crippen molar-refractivity contribution >= 4 is 43.1 Å². The molecule has 0 heterocycles. The van der Waals surface area contributed by atoms with Gasteiger partial charge in [0, 0.05) is 5.41 Å². The summed E-state index contributed by atoms with van der Waals surface area (Å²) < 4.78 is 0. The molecule has 1 aliphatic rings. The smallest absolute Gasteiger partial charge is 0.0159 e. The third-order valence-electron chi connectivity index (χ3n) is 9.85. The van der Waals surface area contributed by atoms with Crippen LogP contribution in [0.2, 0.25) is 0 Å². The minimum atomic E-state index is -0.169. The Balaban J connectivity index is 1.40. The second-order valence-electron chi connectivity index (χ2n) is 12.5. The lowest BCUT2D eigenvalue weighted by molar-refractivity contribution is 0.661. The minimum Gasteiger partial charge on any atom is -0.0616 e. The highest BCUT2D eigenvalue weighted by Crippen LogP contribution is 2.57. The van der Waals surface area contributed by atoms with Crippen LogP contribution >= 0.6 is 0 Å². The van der Waals surface area contributed by atoms with E-state index in [1.54, 1.807) is 0 Å². The van der Waals surface area contributed by atoms with Gasteiger partial charge in [-0.2, -0.15) is 0 Å². The van der Waals surface area contributed by atoms with Crippen LogP contribution in [0.5, 0.6) is 0 Å². The molecule has 1 aliphatic carbocycles. The fourth-order valence-corrected chi connectivity index (χ4v) is 7.79. The van der Waals surface area contributed by atoms with E-state index in [2.05, 4.69) is 159 Å². The van der Waals surface area contributed by atoms with Crippen molar-refractivity contribution in [2.75, 3.05) is 0 Å². The molecule has 0 aromatic heterocycles. The van der Waals surface area contributed by atoms with Crippen LogP contribution in [-0.2, 0) is 5.41 Å². The highest BCUT2D eigenvalue weighted by Gasteiger charge is 2.39. The van der Waals surface area contributed by atoms with Crippen LogP contribution in [0, 0.1) is 0 Å². The largest absolute Gasteiger partial charge is 0.0616 e. The van der Waals surface area contributed by atoms with Crippen molar-refractivity contribution in [3.05, 3.63) is 157 Å². The highest BCUT2D eigenvalue weighted by molar-refractivity contribution is 6.18. The normalized spacial score (nSPS) is 13.5. The maximum absolute atomic E-state index is 2.51. The van der Waals surface area contributed by atoms with Gasteiger partial charge in [-0.3, -0.25) is 0 Å². The molecule has 0 saturated carbocycles. The summed E-state index contributed by atoms with van der Waals surface area (Å²) in [4.78, 5) is 0. The maximum atomic E-state index is 2.51. The molecular formula is C43H30. The van der Waals surface area contributed by atoms with Gasteiger partial charge in [0.2, 0.25) is 0 Å². The summed E-state index contributed by atoms with van der Waals surface area (Å²) >= 11 is 0. The number of hydrogen-bond acceptors (Lipinski definition) is 0. The van der Waals surface area contributed by atoms with E-state index in [-0.39, 0.29) is 5.41 Å². The first-order chi connectivity index (χ1) is 21.1. The van der Waals surface area contributed by atoms with Gasteiger partial charge in [-0.1, -0.05) is 147 Å². The zero-order valence-corrected chi connectivity index (χ0v) is 24.4. The van der Waals surface area contributed by atoms with Crippen LogP contribution in [-0.4, -0.2) is 0 Å². The van der Waals surface area contributed by atoms with Gasteiger partial charge in [-0.05, 0) is 99.7 Å². The Labute approximate surface area is 251 Å². The lowest BCUT2D eigenvalue weighted by Crippen LogP contribution is -2.15. The quantitative estimate of drug-likeness (QED) is 0.202. The molecule has 0 amide bonds. The minimum absolute atomic E-state index is 0.169. The lowest BCUT2D eigenvalue weighted by atomic mass is 9.79. The number of hydrogen-bond donors (Lipinski definition) is 0. The number of rotatable bonds is 2. The zero-order valence-electron chi connectivity index (χ0n) is 24.4. The van der Waals surface area contributed by atoms with Crippen LogP contribution in [0.3, 0.4) is 0 Å². The molecule has 202 valence electrons. The first kappa shape index (κ1) is 24.4. The first-order valence-corrected chi connectivity index (χ1v) is 15.2. The van der Waals surface area contributed by atoms with E-state index in [1.165, 1.54) is 87.6 Å². The van der Waals surface area contributed by atoms with E-state index < -0.39 is 0 Å². The van der Waals surface area contributed by atoms with Crippen molar-refractivity contribution in [3.63, 3.8) is 0 Å². The summed E-state index contributed by atoms with van der Waals surface area (Å²) in [5, 5.41) is 10.4. The average Bonchev–Trinajstić information content (AvgIpc) is 3.29. The molecule has 0 radical (unpaired) electrons. The van der Waals surface area contributed by atoms with E-state index in [1.807, 2.05) is 0 Å². The topological polar surface area (TPSA) is 0 Å². The molecule has 0 unspecified atom stereocenters. The van der Waals surface area contributed by atoms with Gasteiger partial charge in [-0.15, -0.1) is 0 Å². The van der Waals surface area contributed by atoms with Gasteiger partial charge >= 0.3 is 0 Å². The average molecular weight is 547 g/mol. The third-order valence-corrected chi connectivity index (χ3v) is 9.85. The first-order valence-electron chi connectivity index (χ1n) is 15.2. The van der Waals surface area contributed by atoms with Crippen LogP contribution < -0.4 is 0 Å². The third kappa shape index (κ3) is 3.38. The molecular weight excluding hydrogens is 516 g/mol. The fraction of sp³-hybridized carbons (Fsp3) is 0.0698. The van der Waals surface area contributed by atoms with Crippen LogP contribution in [0.25, 0.3) is 76.5 Å². The van der Waals surface area contributed by atoms with Gasteiger partial charge in [0.25, 0.3) is 0 Å². The molecule has 0 spiro atoms. The molecule has 0 aliphatic heterocycles. The monoisotopic (exact) mass is 546 g/mol. The van der Waals surface area contributed by atoms with E-state index in [4.69, 9.17) is 0 Å². The molecule has 0 fully saturated rings. The molecule has 0 N–H and O–H groups in total. The summed E-state index contributed by atoms with van der Waals surface area (Å²) in [6.45, 7) is 4.84. The fourth-order valence-electron chi connectivity index (χ4n) is 7.79. The molecule has 43 heavy (non-hydrogen) atoms. The van der Waals surface area contributed by atoms with Gasteiger partial charge in [-0.25, -0.2) is 0 Å². The van der Waals surface area contributed by atoms with Crippen molar-refractivity contribution in [2.45, 2.75) is 19.3 Å². The van der Waals surface area contributed by atoms with E-state index >= 15 is 0 Å².